The summed E-state index contributed by atoms with van der Waals surface area (Å²) in [7, 11) is 0. The predicted molar refractivity (Wildman–Crippen MR) is 48.6 cm³/mol. The first-order chi connectivity index (χ1) is 5.99. The van der Waals surface area contributed by atoms with Gasteiger partial charge in [-0.05, 0) is 26.3 Å². The maximum Gasteiger partial charge on any atom is 0.304 e. The average molecular weight is 187 g/mol. The summed E-state index contributed by atoms with van der Waals surface area (Å²) in [5, 5.41) is 18.2. The lowest BCUT2D eigenvalue weighted by Gasteiger charge is -2.36. The van der Waals surface area contributed by atoms with Crippen LogP contribution in [-0.2, 0) is 4.79 Å². The Morgan fingerprint density at radius 2 is 2.31 bits per heavy atom. The summed E-state index contributed by atoms with van der Waals surface area (Å²) in [5.41, 5.74) is -0.628. The normalized spacial score (nSPS) is 30.3. The molecule has 2 N–H and O–H groups in total. The molecule has 4 heteroatoms. The van der Waals surface area contributed by atoms with E-state index in [1.54, 1.807) is 6.92 Å². The monoisotopic (exact) mass is 187 g/mol. The molecule has 1 unspecified atom stereocenters. The first kappa shape index (κ1) is 10.5. The summed E-state index contributed by atoms with van der Waals surface area (Å²) in [6, 6.07) is 0. The van der Waals surface area contributed by atoms with E-state index in [9.17, 15) is 9.90 Å². The van der Waals surface area contributed by atoms with Crippen molar-refractivity contribution in [2.24, 2.45) is 0 Å². The maximum absolute atomic E-state index is 10.3. The Hall–Kier alpha value is -0.610. The molecule has 1 heterocycles. The molecule has 1 aliphatic rings. The topological polar surface area (TPSA) is 60.8 Å². The van der Waals surface area contributed by atoms with E-state index in [4.69, 9.17) is 5.11 Å². The van der Waals surface area contributed by atoms with E-state index in [1.165, 1.54) is 0 Å². The molecule has 0 spiro atoms. The van der Waals surface area contributed by atoms with Crippen molar-refractivity contribution in [3.05, 3.63) is 0 Å². The number of piperidine rings is 1. The van der Waals surface area contributed by atoms with Crippen LogP contribution in [0.2, 0.25) is 0 Å². The Kier molecular flexibility index (Phi) is 3.27. The Morgan fingerprint density at radius 3 is 2.85 bits per heavy atom. The van der Waals surface area contributed by atoms with Gasteiger partial charge in [0.05, 0.1) is 12.0 Å². The second-order valence-electron chi connectivity index (χ2n) is 4.02. The fourth-order valence-electron chi connectivity index (χ4n) is 1.77. The molecule has 13 heavy (non-hydrogen) atoms. The molecule has 0 aromatic carbocycles. The molecule has 0 aromatic heterocycles. The first-order valence-corrected chi connectivity index (χ1v) is 4.66. The standard InChI is InChI=1S/C9H17NO3/c1-9(13)4-2-5-10(7-9)6-3-8(11)12/h13H,2-7H2,1H3,(H,11,12). The fraction of sp³-hybridized carbons (Fsp3) is 0.889. The minimum absolute atomic E-state index is 0.163. The highest BCUT2D eigenvalue weighted by atomic mass is 16.4. The van der Waals surface area contributed by atoms with Crippen LogP contribution in [0.25, 0.3) is 0 Å². The minimum atomic E-state index is -0.773. The lowest BCUT2D eigenvalue weighted by atomic mass is 9.95. The molecule has 1 aliphatic heterocycles. The first-order valence-electron chi connectivity index (χ1n) is 4.66. The van der Waals surface area contributed by atoms with Crippen molar-refractivity contribution in [1.82, 2.24) is 4.90 Å². The lowest BCUT2D eigenvalue weighted by molar-refractivity contribution is -0.137. The molecule has 1 rings (SSSR count). The van der Waals surface area contributed by atoms with Crippen molar-refractivity contribution in [2.45, 2.75) is 31.8 Å². The van der Waals surface area contributed by atoms with Crippen LogP contribution in [0.4, 0.5) is 0 Å². The van der Waals surface area contributed by atoms with Gasteiger partial charge in [-0.3, -0.25) is 9.69 Å². The van der Waals surface area contributed by atoms with Crippen molar-refractivity contribution in [1.29, 1.82) is 0 Å². The molecular weight excluding hydrogens is 170 g/mol. The summed E-state index contributed by atoms with van der Waals surface area (Å²) in [4.78, 5) is 12.3. The van der Waals surface area contributed by atoms with E-state index in [0.29, 0.717) is 13.1 Å². The molecule has 0 aliphatic carbocycles. The molecule has 76 valence electrons. The van der Waals surface area contributed by atoms with Crippen LogP contribution in [0.5, 0.6) is 0 Å². The van der Waals surface area contributed by atoms with Gasteiger partial charge in [0.25, 0.3) is 0 Å². The van der Waals surface area contributed by atoms with Crippen LogP contribution in [0.1, 0.15) is 26.2 Å². The number of carboxylic acid groups (broad SMARTS) is 1. The van der Waals surface area contributed by atoms with Crippen molar-refractivity contribution < 1.29 is 15.0 Å². The maximum atomic E-state index is 10.3. The van der Waals surface area contributed by atoms with E-state index < -0.39 is 11.6 Å². The second-order valence-corrected chi connectivity index (χ2v) is 4.02. The molecular formula is C9H17NO3. The largest absolute Gasteiger partial charge is 0.481 e. The number of aliphatic hydroxyl groups is 1. The van der Waals surface area contributed by atoms with E-state index in [2.05, 4.69) is 0 Å². The smallest absolute Gasteiger partial charge is 0.304 e. The summed E-state index contributed by atoms with van der Waals surface area (Å²) >= 11 is 0. The number of hydrogen-bond acceptors (Lipinski definition) is 3. The van der Waals surface area contributed by atoms with E-state index >= 15 is 0 Å². The summed E-state index contributed by atoms with van der Waals surface area (Å²) in [5.74, 6) is -0.773. The zero-order valence-corrected chi connectivity index (χ0v) is 7.99. The zero-order chi connectivity index (χ0) is 9.90. The molecule has 0 saturated carbocycles. The van der Waals surface area contributed by atoms with Gasteiger partial charge in [-0.2, -0.15) is 0 Å². The summed E-state index contributed by atoms with van der Waals surface area (Å²) in [6.45, 7) is 3.86. The fourth-order valence-corrected chi connectivity index (χ4v) is 1.77. The van der Waals surface area contributed by atoms with Gasteiger partial charge in [0, 0.05) is 13.1 Å². The Morgan fingerprint density at radius 1 is 1.62 bits per heavy atom. The second kappa shape index (κ2) is 4.07. The van der Waals surface area contributed by atoms with Crippen molar-refractivity contribution in [2.75, 3.05) is 19.6 Å². The number of nitrogens with zero attached hydrogens (tertiary/aromatic N) is 1. The third-order valence-electron chi connectivity index (χ3n) is 2.40. The molecule has 1 fully saturated rings. The highest BCUT2D eigenvalue weighted by molar-refractivity contribution is 5.66. The van der Waals surface area contributed by atoms with Gasteiger partial charge < -0.3 is 10.2 Å². The van der Waals surface area contributed by atoms with Gasteiger partial charge in [-0.15, -0.1) is 0 Å². The molecule has 0 aromatic rings. The Labute approximate surface area is 78.2 Å². The van der Waals surface area contributed by atoms with Crippen LogP contribution in [-0.4, -0.2) is 46.3 Å². The van der Waals surface area contributed by atoms with Crippen molar-refractivity contribution >= 4 is 5.97 Å². The van der Waals surface area contributed by atoms with E-state index in [1.807, 2.05) is 4.90 Å². The van der Waals surface area contributed by atoms with Gasteiger partial charge in [0.1, 0.15) is 0 Å². The molecule has 1 atom stereocenters. The zero-order valence-electron chi connectivity index (χ0n) is 7.99. The van der Waals surface area contributed by atoms with Crippen LogP contribution in [0.3, 0.4) is 0 Å². The third-order valence-corrected chi connectivity index (χ3v) is 2.40. The number of aliphatic carboxylic acids is 1. The van der Waals surface area contributed by atoms with Gasteiger partial charge in [-0.1, -0.05) is 0 Å². The van der Waals surface area contributed by atoms with Crippen molar-refractivity contribution in [3.8, 4) is 0 Å². The molecule has 4 nitrogen and oxygen atoms in total. The van der Waals surface area contributed by atoms with E-state index in [0.717, 1.165) is 19.4 Å². The Bertz CT molecular complexity index is 191. The average Bonchev–Trinajstić information content (AvgIpc) is 1.99. The van der Waals surface area contributed by atoms with Crippen LogP contribution in [0, 0.1) is 0 Å². The number of hydrogen-bond donors (Lipinski definition) is 2. The molecule has 1 saturated heterocycles. The van der Waals surface area contributed by atoms with Gasteiger partial charge in [0.15, 0.2) is 0 Å². The number of likely N-dealkylation sites (tertiary alicyclic amines) is 1. The number of rotatable bonds is 3. The highest BCUT2D eigenvalue weighted by Gasteiger charge is 2.27. The third kappa shape index (κ3) is 3.74. The molecule has 0 amide bonds. The van der Waals surface area contributed by atoms with Crippen LogP contribution < -0.4 is 0 Å². The van der Waals surface area contributed by atoms with Crippen molar-refractivity contribution in [3.63, 3.8) is 0 Å². The number of β-amino-alcohol motifs (C(OH)–C–C–N with tert-alkyl or cyclic N) is 1. The predicted octanol–water partition coefficient (Wildman–Crippen LogP) is 0.308. The molecule has 0 bridgehead atoms. The SMILES string of the molecule is CC1(O)CCCN(CCC(=O)O)C1. The number of carboxylic acids is 1. The van der Waals surface area contributed by atoms with Crippen LogP contribution >= 0.6 is 0 Å². The lowest BCUT2D eigenvalue weighted by Crippen LogP contribution is -2.46. The van der Waals surface area contributed by atoms with Gasteiger partial charge in [0.2, 0.25) is 0 Å². The summed E-state index contributed by atoms with van der Waals surface area (Å²) < 4.78 is 0. The minimum Gasteiger partial charge on any atom is -0.481 e. The van der Waals surface area contributed by atoms with E-state index in [-0.39, 0.29) is 6.42 Å². The van der Waals surface area contributed by atoms with Crippen LogP contribution in [0.15, 0.2) is 0 Å². The summed E-state index contributed by atoms with van der Waals surface area (Å²) in [6.07, 6.45) is 1.93. The number of carbonyl (C=O) groups is 1. The molecule has 0 radical (unpaired) electrons. The van der Waals surface area contributed by atoms with Gasteiger partial charge in [-0.25, -0.2) is 0 Å². The quantitative estimate of drug-likeness (QED) is 0.667. The highest BCUT2D eigenvalue weighted by Crippen LogP contribution is 2.19. The Balaban J connectivity index is 2.30. The van der Waals surface area contributed by atoms with Gasteiger partial charge >= 0.3 is 5.97 Å².